The Bertz CT molecular complexity index is 1540. The smallest absolute Gasteiger partial charge is 0.343 e. The Morgan fingerprint density at radius 3 is 1.95 bits per heavy atom. The molecule has 0 bridgehead atoms. The SMILES string of the molecule is O=C(CNC(=O)c1ccc(Cl)cc1)N/N=C\c1ccc(OC(=O)c2ccccc2)cc1OC(=O)c1ccccc1. The van der Waals surface area contributed by atoms with Crippen LogP contribution in [-0.4, -0.2) is 36.5 Å². The number of hydrogen-bond donors (Lipinski definition) is 2. The summed E-state index contributed by atoms with van der Waals surface area (Å²) in [5.41, 5.74) is 3.61. The zero-order chi connectivity index (χ0) is 28.3. The normalized spacial score (nSPS) is 10.5. The lowest BCUT2D eigenvalue weighted by Gasteiger charge is -2.10. The Kier molecular flexibility index (Phi) is 9.36. The van der Waals surface area contributed by atoms with E-state index in [4.69, 9.17) is 21.1 Å². The van der Waals surface area contributed by atoms with Gasteiger partial charge in [0.15, 0.2) is 0 Å². The highest BCUT2D eigenvalue weighted by atomic mass is 35.5. The number of hydrogen-bond acceptors (Lipinski definition) is 7. The molecular formula is C30H22ClN3O6. The molecule has 0 aliphatic carbocycles. The van der Waals surface area contributed by atoms with Crippen molar-refractivity contribution >= 4 is 41.6 Å². The number of benzene rings is 4. The summed E-state index contributed by atoms with van der Waals surface area (Å²) in [5.74, 6) is -2.09. The van der Waals surface area contributed by atoms with Crippen molar-refractivity contribution in [1.82, 2.24) is 10.7 Å². The van der Waals surface area contributed by atoms with Crippen molar-refractivity contribution in [2.24, 2.45) is 5.10 Å². The molecule has 0 saturated heterocycles. The molecular weight excluding hydrogens is 534 g/mol. The first-order chi connectivity index (χ1) is 19.4. The molecule has 0 heterocycles. The van der Waals surface area contributed by atoms with Gasteiger partial charge in [-0.05, 0) is 60.7 Å². The zero-order valence-corrected chi connectivity index (χ0v) is 21.6. The van der Waals surface area contributed by atoms with Gasteiger partial charge in [-0.3, -0.25) is 9.59 Å². The molecule has 4 aromatic rings. The highest BCUT2D eigenvalue weighted by molar-refractivity contribution is 6.30. The van der Waals surface area contributed by atoms with Crippen molar-refractivity contribution in [3.8, 4) is 11.5 Å². The monoisotopic (exact) mass is 555 g/mol. The number of rotatable bonds is 9. The number of nitrogens with one attached hydrogen (secondary N) is 2. The van der Waals surface area contributed by atoms with E-state index in [1.54, 1.807) is 72.8 Å². The Hall–Kier alpha value is -5.28. The van der Waals surface area contributed by atoms with E-state index in [2.05, 4.69) is 15.8 Å². The van der Waals surface area contributed by atoms with Gasteiger partial charge in [-0.25, -0.2) is 15.0 Å². The van der Waals surface area contributed by atoms with Crippen molar-refractivity contribution in [3.05, 3.63) is 130 Å². The molecule has 2 amide bonds. The van der Waals surface area contributed by atoms with Gasteiger partial charge in [0, 0.05) is 22.2 Å². The second-order valence-corrected chi connectivity index (χ2v) is 8.63. The van der Waals surface area contributed by atoms with Gasteiger partial charge in [0.1, 0.15) is 11.5 Å². The van der Waals surface area contributed by atoms with Crippen LogP contribution >= 0.6 is 11.6 Å². The molecule has 0 aromatic heterocycles. The van der Waals surface area contributed by atoms with Crippen LogP contribution in [-0.2, 0) is 4.79 Å². The molecule has 2 N–H and O–H groups in total. The van der Waals surface area contributed by atoms with E-state index >= 15 is 0 Å². The van der Waals surface area contributed by atoms with Crippen LogP contribution < -0.4 is 20.2 Å². The van der Waals surface area contributed by atoms with E-state index in [0.717, 1.165) is 0 Å². The van der Waals surface area contributed by atoms with Crippen LogP contribution in [0.5, 0.6) is 11.5 Å². The third kappa shape index (κ3) is 7.86. The van der Waals surface area contributed by atoms with Gasteiger partial charge < -0.3 is 14.8 Å². The molecule has 4 rings (SSSR count). The van der Waals surface area contributed by atoms with Crippen molar-refractivity contribution in [2.45, 2.75) is 0 Å². The highest BCUT2D eigenvalue weighted by Gasteiger charge is 2.15. The quantitative estimate of drug-likeness (QED) is 0.134. The lowest BCUT2D eigenvalue weighted by atomic mass is 10.2. The maximum absolute atomic E-state index is 12.7. The molecule has 0 unspecified atom stereocenters. The molecule has 10 heteroatoms. The summed E-state index contributed by atoms with van der Waals surface area (Å²) < 4.78 is 11.0. The third-order valence-electron chi connectivity index (χ3n) is 5.33. The molecule has 9 nitrogen and oxygen atoms in total. The summed E-state index contributed by atoms with van der Waals surface area (Å²) in [6.45, 7) is -0.330. The zero-order valence-electron chi connectivity index (χ0n) is 20.9. The number of amides is 2. The molecule has 0 aliphatic heterocycles. The molecule has 200 valence electrons. The van der Waals surface area contributed by atoms with Crippen molar-refractivity contribution in [3.63, 3.8) is 0 Å². The van der Waals surface area contributed by atoms with Crippen LogP contribution in [0.25, 0.3) is 0 Å². The predicted molar refractivity (Wildman–Crippen MR) is 149 cm³/mol. The minimum absolute atomic E-state index is 0.0428. The van der Waals surface area contributed by atoms with Crippen LogP contribution in [0, 0.1) is 0 Å². The van der Waals surface area contributed by atoms with Crippen molar-refractivity contribution in [1.29, 1.82) is 0 Å². The topological polar surface area (TPSA) is 123 Å². The first-order valence-corrected chi connectivity index (χ1v) is 12.3. The summed E-state index contributed by atoms with van der Waals surface area (Å²) in [5, 5.41) is 6.85. The summed E-state index contributed by atoms with van der Waals surface area (Å²) in [6.07, 6.45) is 1.26. The largest absolute Gasteiger partial charge is 0.423 e. The Morgan fingerprint density at radius 1 is 0.725 bits per heavy atom. The van der Waals surface area contributed by atoms with Crippen molar-refractivity contribution < 1.29 is 28.7 Å². The van der Waals surface area contributed by atoms with E-state index in [0.29, 0.717) is 27.3 Å². The fourth-order valence-corrected chi connectivity index (χ4v) is 3.45. The Balaban J connectivity index is 1.44. The number of nitrogens with zero attached hydrogens (tertiary/aromatic N) is 1. The van der Waals surface area contributed by atoms with Gasteiger partial charge in [0.2, 0.25) is 0 Å². The van der Waals surface area contributed by atoms with E-state index in [9.17, 15) is 19.2 Å². The van der Waals surface area contributed by atoms with Gasteiger partial charge in [-0.2, -0.15) is 5.10 Å². The average Bonchev–Trinajstić information content (AvgIpc) is 2.98. The number of esters is 2. The lowest BCUT2D eigenvalue weighted by molar-refractivity contribution is -0.120. The first-order valence-electron chi connectivity index (χ1n) is 11.9. The lowest BCUT2D eigenvalue weighted by Crippen LogP contribution is -2.34. The van der Waals surface area contributed by atoms with E-state index < -0.39 is 23.8 Å². The maximum Gasteiger partial charge on any atom is 0.343 e. The number of carbonyl (C=O) groups excluding carboxylic acids is 4. The highest BCUT2D eigenvalue weighted by Crippen LogP contribution is 2.26. The summed E-state index contributed by atoms with van der Waals surface area (Å²) in [4.78, 5) is 49.5. The molecule has 0 radical (unpaired) electrons. The molecule has 40 heavy (non-hydrogen) atoms. The first kappa shape index (κ1) is 27.7. The predicted octanol–water partition coefficient (Wildman–Crippen LogP) is 4.66. The van der Waals surface area contributed by atoms with E-state index in [1.165, 1.54) is 36.5 Å². The van der Waals surface area contributed by atoms with Gasteiger partial charge in [0.05, 0.1) is 23.9 Å². The second-order valence-electron chi connectivity index (χ2n) is 8.19. The number of carbonyl (C=O) groups is 4. The van der Waals surface area contributed by atoms with E-state index in [-0.39, 0.29) is 18.0 Å². The van der Waals surface area contributed by atoms with Gasteiger partial charge >= 0.3 is 11.9 Å². The number of halogens is 1. The number of ether oxygens (including phenoxy) is 2. The van der Waals surface area contributed by atoms with Crippen LogP contribution in [0.1, 0.15) is 36.6 Å². The molecule has 0 saturated carbocycles. The van der Waals surface area contributed by atoms with Crippen LogP contribution in [0.4, 0.5) is 0 Å². The van der Waals surface area contributed by atoms with Crippen molar-refractivity contribution in [2.75, 3.05) is 6.54 Å². The summed E-state index contributed by atoms with van der Waals surface area (Å²) >= 11 is 5.82. The summed E-state index contributed by atoms with van der Waals surface area (Å²) in [6, 6.07) is 27.3. The Morgan fingerprint density at radius 2 is 1.32 bits per heavy atom. The van der Waals surface area contributed by atoms with E-state index in [1.807, 2.05) is 0 Å². The van der Waals surface area contributed by atoms with Crippen LogP contribution in [0.15, 0.2) is 108 Å². The molecule has 4 aromatic carbocycles. The van der Waals surface area contributed by atoms with Crippen LogP contribution in [0.2, 0.25) is 5.02 Å². The van der Waals surface area contributed by atoms with Gasteiger partial charge in [-0.1, -0.05) is 48.0 Å². The fourth-order valence-electron chi connectivity index (χ4n) is 3.32. The van der Waals surface area contributed by atoms with Crippen LogP contribution in [0.3, 0.4) is 0 Å². The molecule has 0 fully saturated rings. The Labute approximate surface area is 234 Å². The van der Waals surface area contributed by atoms with Gasteiger partial charge in [-0.15, -0.1) is 0 Å². The average molecular weight is 556 g/mol. The molecule has 0 aliphatic rings. The minimum Gasteiger partial charge on any atom is -0.423 e. The minimum atomic E-state index is -0.643. The third-order valence-corrected chi connectivity index (χ3v) is 5.58. The fraction of sp³-hybridized carbons (Fsp3) is 0.0333. The second kappa shape index (κ2) is 13.5. The molecule has 0 spiro atoms. The number of hydrazone groups is 1. The molecule has 0 atom stereocenters. The summed E-state index contributed by atoms with van der Waals surface area (Å²) in [7, 11) is 0. The standard InChI is InChI=1S/C30H22ClN3O6/c31-24-14-11-20(12-15-24)28(36)32-19-27(35)34-33-18-23-13-16-25(39-29(37)21-7-3-1-4-8-21)17-26(23)40-30(38)22-9-5-2-6-10-22/h1-18H,19H2,(H,32,36)(H,34,35)/b33-18-. The maximum atomic E-state index is 12.7. The van der Waals surface area contributed by atoms with Gasteiger partial charge in [0.25, 0.3) is 11.8 Å².